The highest BCUT2D eigenvalue weighted by Gasteiger charge is 2.42. The maximum Gasteiger partial charge on any atom is 0.335 e. The molecule has 1 amide bonds. The van der Waals surface area contributed by atoms with Gasteiger partial charge in [0.15, 0.2) is 0 Å². The molecule has 6 heteroatoms. The number of hydrogen-bond donors (Lipinski definition) is 1. The molecule has 2 aromatic carbocycles. The number of rotatable bonds is 5. The number of carboxylic acids is 1. The SMILES string of the molecule is CN(C)CCC(=O)N1CC[C@H]2Cn3c(c(C4CCCCC4)c4ccc(C(=O)O)cc43)-c3ccccc3[C@H]21. The summed E-state index contributed by atoms with van der Waals surface area (Å²) in [5.74, 6) is 0.121. The van der Waals surface area contributed by atoms with E-state index in [1.165, 1.54) is 59.9 Å². The molecule has 6 nitrogen and oxygen atoms in total. The summed E-state index contributed by atoms with van der Waals surface area (Å²) in [5, 5.41) is 11.0. The van der Waals surface area contributed by atoms with Crippen molar-refractivity contribution in [2.45, 2.75) is 63.5 Å². The Balaban J connectivity index is 1.54. The second-order valence-corrected chi connectivity index (χ2v) is 11.5. The van der Waals surface area contributed by atoms with E-state index in [0.29, 0.717) is 23.8 Å². The van der Waals surface area contributed by atoms with E-state index >= 15 is 0 Å². The monoisotopic (exact) mass is 499 g/mol. The highest BCUT2D eigenvalue weighted by molar-refractivity contribution is 5.98. The molecular weight excluding hydrogens is 462 g/mol. The molecule has 0 radical (unpaired) electrons. The van der Waals surface area contributed by atoms with Crippen molar-refractivity contribution in [3.63, 3.8) is 0 Å². The van der Waals surface area contributed by atoms with Crippen LogP contribution in [0.2, 0.25) is 0 Å². The quantitative estimate of drug-likeness (QED) is 0.474. The number of carboxylic acid groups (broad SMARTS) is 1. The maximum absolute atomic E-state index is 13.4. The zero-order valence-electron chi connectivity index (χ0n) is 21.9. The molecule has 3 aromatic rings. The maximum atomic E-state index is 13.4. The fraction of sp³-hybridized carbons (Fsp3) is 0.484. The van der Waals surface area contributed by atoms with Gasteiger partial charge in [0.05, 0.1) is 17.3 Å². The molecule has 1 aromatic heterocycles. The van der Waals surface area contributed by atoms with Crippen molar-refractivity contribution in [3.05, 3.63) is 59.2 Å². The van der Waals surface area contributed by atoms with Gasteiger partial charge in [-0.3, -0.25) is 4.79 Å². The minimum atomic E-state index is -0.887. The van der Waals surface area contributed by atoms with Crippen LogP contribution in [-0.4, -0.2) is 58.5 Å². The summed E-state index contributed by atoms with van der Waals surface area (Å²) in [6.45, 7) is 2.33. The first-order valence-electron chi connectivity index (χ1n) is 13.9. The summed E-state index contributed by atoms with van der Waals surface area (Å²) >= 11 is 0. The summed E-state index contributed by atoms with van der Waals surface area (Å²) < 4.78 is 2.42. The van der Waals surface area contributed by atoms with Gasteiger partial charge in [-0.15, -0.1) is 0 Å². The molecule has 2 atom stereocenters. The van der Waals surface area contributed by atoms with Crippen LogP contribution < -0.4 is 0 Å². The third kappa shape index (κ3) is 4.15. The second kappa shape index (κ2) is 9.64. The average Bonchev–Trinajstić information content (AvgIpc) is 3.43. The van der Waals surface area contributed by atoms with Crippen molar-refractivity contribution >= 4 is 22.8 Å². The van der Waals surface area contributed by atoms with Gasteiger partial charge >= 0.3 is 5.97 Å². The van der Waals surface area contributed by atoms with Crippen molar-refractivity contribution in [2.75, 3.05) is 27.2 Å². The van der Waals surface area contributed by atoms with E-state index in [-0.39, 0.29) is 11.9 Å². The number of nitrogens with zero attached hydrogens (tertiary/aromatic N) is 3. The fourth-order valence-corrected chi connectivity index (χ4v) is 7.21. The summed E-state index contributed by atoms with van der Waals surface area (Å²) in [5.41, 5.74) is 6.49. The van der Waals surface area contributed by atoms with Crippen LogP contribution in [0.3, 0.4) is 0 Å². The van der Waals surface area contributed by atoms with Crippen molar-refractivity contribution < 1.29 is 14.7 Å². The molecular formula is C31H37N3O3. The lowest BCUT2D eigenvalue weighted by atomic mass is 9.81. The van der Waals surface area contributed by atoms with Crippen molar-refractivity contribution in [1.82, 2.24) is 14.4 Å². The Kier molecular flexibility index (Phi) is 6.31. The molecule has 1 aliphatic carbocycles. The summed E-state index contributed by atoms with van der Waals surface area (Å²) in [7, 11) is 4.02. The third-order valence-corrected chi connectivity index (χ3v) is 8.93. The predicted octanol–water partition coefficient (Wildman–Crippen LogP) is 5.91. The lowest BCUT2D eigenvalue weighted by molar-refractivity contribution is -0.132. The molecule has 2 fully saturated rings. The van der Waals surface area contributed by atoms with Gasteiger partial charge in [-0.2, -0.15) is 0 Å². The molecule has 1 N–H and O–H groups in total. The van der Waals surface area contributed by atoms with Crippen LogP contribution in [0, 0.1) is 5.92 Å². The number of fused-ring (bicyclic) bond motifs is 7. The van der Waals surface area contributed by atoms with Crippen molar-refractivity contribution in [3.8, 4) is 11.3 Å². The third-order valence-electron chi connectivity index (χ3n) is 8.93. The number of likely N-dealkylation sites (tertiary alicyclic amines) is 1. The van der Waals surface area contributed by atoms with E-state index in [0.717, 1.165) is 31.6 Å². The molecule has 0 spiro atoms. The summed E-state index contributed by atoms with van der Waals surface area (Å²) in [6, 6.07) is 14.4. The summed E-state index contributed by atoms with van der Waals surface area (Å²) in [4.78, 5) is 29.6. The van der Waals surface area contributed by atoms with Gasteiger partial charge in [-0.1, -0.05) is 49.6 Å². The van der Waals surface area contributed by atoms with E-state index in [9.17, 15) is 14.7 Å². The Labute approximate surface area is 218 Å². The number of amides is 1. The number of carbonyl (C=O) groups excluding carboxylic acids is 1. The molecule has 0 bridgehead atoms. The lowest BCUT2D eigenvalue weighted by Crippen LogP contribution is -2.34. The number of hydrogen-bond acceptors (Lipinski definition) is 3. The van der Waals surface area contributed by atoms with E-state index in [2.05, 4.69) is 44.7 Å². The van der Waals surface area contributed by atoms with Crippen LogP contribution in [-0.2, 0) is 11.3 Å². The van der Waals surface area contributed by atoms with Gasteiger partial charge in [0.25, 0.3) is 0 Å². The number of benzene rings is 2. The molecule has 1 saturated heterocycles. The van der Waals surface area contributed by atoms with Crippen LogP contribution in [0.4, 0.5) is 0 Å². The molecule has 2 aliphatic heterocycles. The largest absolute Gasteiger partial charge is 0.478 e. The van der Waals surface area contributed by atoms with Gasteiger partial charge in [0, 0.05) is 48.4 Å². The highest BCUT2D eigenvalue weighted by atomic mass is 16.4. The van der Waals surface area contributed by atoms with Crippen LogP contribution in [0.15, 0.2) is 42.5 Å². The molecule has 1 saturated carbocycles. The molecule has 3 aliphatic rings. The molecule has 194 valence electrons. The van der Waals surface area contributed by atoms with Crippen LogP contribution in [0.25, 0.3) is 22.2 Å². The van der Waals surface area contributed by atoms with Crippen LogP contribution >= 0.6 is 0 Å². The normalized spacial score (nSPS) is 21.5. The first-order chi connectivity index (χ1) is 17.9. The average molecular weight is 500 g/mol. The van der Waals surface area contributed by atoms with Crippen LogP contribution in [0.1, 0.15) is 78.4 Å². The number of aromatic carboxylic acids is 1. The van der Waals surface area contributed by atoms with Crippen molar-refractivity contribution in [2.24, 2.45) is 5.92 Å². The topological polar surface area (TPSA) is 65.8 Å². The van der Waals surface area contributed by atoms with Crippen molar-refractivity contribution in [1.29, 1.82) is 0 Å². The first kappa shape index (κ1) is 24.2. The molecule has 0 unspecified atom stereocenters. The fourth-order valence-electron chi connectivity index (χ4n) is 7.21. The van der Waals surface area contributed by atoms with E-state index < -0.39 is 5.97 Å². The standard InChI is InChI=1S/C31H37N3O3/c1-32(2)16-15-27(35)33-17-14-22-19-34-26-18-21(31(36)37)12-13-25(26)28(20-8-4-3-5-9-20)30(34)24-11-7-6-10-23(24)29(22)33/h6-7,10-13,18,20,22,29H,3-5,8-9,14-17,19H2,1-2H3,(H,36,37)/t22-,29-/m0/s1. The van der Waals surface area contributed by atoms with E-state index in [4.69, 9.17) is 0 Å². The van der Waals surface area contributed by atoms with Gasteiger partial charge in [0.2, 0.25) is 5.91 Å². The molecule has 3 heterocycles. The van der Waals surface area contributed by atoms with E-state index in [1.54, 1.807) is 6.07 Å². The second-order valence-electron chi connectivity index (χ2n) is 11.5. The Morgan fingerprint density at radius 2 is 1.81 bits per heavy atom. The zero-order chi connectivity index (χ0) is 25.7. The molecule has 37 heavy (non-hydrogen) atoms. The smallest absolute Gasteiger partial charge is 0.335 e. The Hall–Kier alpha value is -3.12. The molecule has 6 rings (SSSR count). The summed E-state index contributed by atoms with van der Waals surface area (Å²) in [6.07, 6.45) is 7.62. The highest BCUT2D eigenvalue weighted by Crippen LogP contribution is 2.51. The zero-order valence-corrected chi connectivity index (χ0v) is 21.9. The Morgan fingerprint density at radius 1 is 1.03 bits per heavy atom. The number of carbonyl (C=O) groups is 2. The number of aromatic nitrogens is 1. The Bertz CT molecular complexity index is 1350. The van der Waals surface area contributed by atoms with Gasteiger partial charge in [-0.25, -0.2) is 4.79 Å². The van der Waals surface area contributed by atoms with Gasteiger partial charge < -0.3 is 19.5 Å². The minimum Gasteiger partial charge on any atom is -0.478 e. The van der Waals surface area contributed by atoms with E-state index in [1.807, 2.05) is 20.2 Å². The predicted molar refractivity (Wildman–Crippen MR) is 146 cm³/mol. The first-order valence-corrected chi connectivity index (χ1v) is 13.9. The van der Waals surface area contributed by atoms with Crippen LogP contribution in [0.5, 0.6) is 0 Å². The lowest BCUT2D eigenvalue weighted by Gasteiger charge is -2.29. The Morgan fingerprint density at radius 3 is 2.57 bits per heavy atom. The minimum absolute atomic E-state index is 0.0580. The van der Waals surface area contributed by atoms with Gasteiger partial charge in [-0.05, 0) is 62.5 Å². The van der Waals surface area contributed by atoms with Gasteiger partial charge in [0.1, 0.15) is 0 Å².